The Morgan fingerprint density at radius 1 is 1.30 bits per heavy atom. The molecule has 0 saturated heterocycles. The van der Waals surface area contributed by atoms with Crippen molar-refractivity contribution in [1.29, 1.82) is 0 Å². The predicted octanol–water partition coefficient (Wildman–Crippen LogP) is 1.92. The van der Waals surface area contributed by atoms with Crippen molar-refractivity contribution < 1.29 is 9.53 Å². The van der Waals surface area contributed by atoms with E-state index < -0.39 is 5.25 Å². The molecule has 0 aliphatic heterocycles. The number of nitrogens with one attached hydrogen (secondary N) is 1. The van der Waals surface area contributed by atoms with Gasteiger partial charge < -0.3 is 15.9 Å². The molecule has 0 spiro atoms. The molecule has 1 aromatic carbocycles. The Hall–Kier alpha value is -3.01. The molecule has 1 atom stereocenters. The number of thioether (sulfide) groups is 1. The van der Waals surface area contributed by atoms with Crippen LogP contribution in [0.25, 0.3) is 5.95 Å². The molecule has 0 aliphatic rings. The van der Waals surface area contributed by atoms with E-state index in [1.807, 2.05) is 32.0 Å². The van der Waals surface area contributed by atoms with Crippen LogP contribution in [0.15, 0.2) is 35.5 Å². The lowest BCUT2D eigenvalue weighted by molar-refractivity contribution is -0.115. The minimum absolute atomic E-state index is 0.194. The highest BCUT2D eigenvalue weighted by Crippen LogP contribution is 2.26. The van der Waals surface area contributed by atoms with Crippen molar-refractivity contribution in [2.24, 2.45) is 0 Å². The van der Waals surface area contributed by atoms with E-state index in [2.05, 4.69) is 20.6 Å². The van der Waals surface area contributed by atoms with Gasteiger partial charge >= 0.3 is 0 Å². The Kier molecular flexibility index (Phi) is 5.36. The number of carbonyl (C=O) groups excluding carboxylic acids is 1. The van der Waals surface area contributed by atoms with Gasteiger partial charge in [0.05, 0.1) is 23.7 Å². The molecule has 3 N–H and O–H groups in total. The first-order valence-electron chi connectivity index (χ1n) is 8.25. The number of amides is 1. The fourth-order valence-electron chi connectivity index (χ4n) is 2.52. The molecule has 0 aliphatic carbocycles. The molecular formula is C17H21N7O2S. The zero-order chi connectivity index (χ0) is 19.6. The zero-order valence-electron chi connectivity index (χ0n) is 15.5. The number of para-hydroxylation sites is 2. The Morgan fingerprint density at radius 2 is 2.04 bits per heavy atom. The van der Waals surface area contributed by atoms with Crippen LogP contribution in [-0.2, 0) is 4.79 Å². The van der Waals surface area contributed by atoms with E-state index in [9.17, 15) is 4.79 Å². The van der Waals surface area contributed by atoms with Crippen LogP contribution in [0, 0.1) is 13.8 Å². The van der Waals surface area contributed by atoms with Crippen LogP contribution in [0.1, 0.15) is 18.3 Å². The van der Waals surface area contributed by atoms with Gasteiger partial charge in [-0.3, -0.25) is 4.79 Å². The standard InChI is InChI=1S/C17H21N7O2S/c1-10-9-11(2)24(22-10)16-20-21-17(23(16)18)27-12(3)15(25)19-13-7-5-6-8-14(13)26-4/h5-9,12H,18H2,1-4H3,(H,19,25)/t12-/m0/s1. The minimum Gasteiger partial charge on any atom is -0.495 e. The van der Waals surface area contributed by atoms with E-state index in [0.29, 0.717) is 22.5 Å². The maximum Gasteiger partial charge on any atom is 0.271 e. The number of carbonyl (C=O) groups is 1. The van der Waals surface area contributed by atoms with Gasteiger partial charge in [0.2, 0.25) is 11.1 Å². The van der Waals surface area contributed by atoms with Crippen LogP contribution in [0.2, 0.25) is 0 Å². The fourth-order valence-corrected chi connectivity index (χ4v) is 3.28. The lowest BCUT2D eigenvalue weighted by atomic mass is 10.3. The number of aryl methyl sites for hydroxylation is 2. The van der Waals surface area contributed by atoms with Crippen molar-refractivity contribution in [3.8, 4) is 11.7 Å². The molecule has 3 aromatic rings. The van der Waals surface area contributed by atoms with Crippen molar-refractivity contribution >= 4 is 23.4 Å². The van der Waals surface area contributed by atoms with E-state index in [1.165, 1.54) is 16.4 Å². The summed E-state index contributed by atoms with van der Waals surface area (Å²) in [6, 6.07) is 9.15. The first-order valence-corrected chi connectivity index (χ1v) is 9.13. The number of aromatic nitrogens is 5. The third kappa shape index (κ3) is 3.90. The number of rotatable bonds is 6. The van der Waals surface area contributed by atoms with E-state index in [4.69, 9.17) is 10.6 Å². The van der Waals surface area contributed by atoms with Gasteiger partial charge in [0, 0.05) is 5.69 Å². The van der Waals surface area contributed by atoms with E-state index >= 15 is 0 Å². The smallest absolute Gasteiger partial charge is 0.271 e. The molecule has 1 amide bonds. The molecule has 2 heterocycles. The van der Waals surface area contributed by atoms with Crippen LogP contribution in [0.4, 0.5) is 5.69 Å². The molecule has 2 aromatic heterocycles. The van der Waals surface area contributed by atoms with E-state index in [-0.39, 0.29) is 5.91 Å². The lowest BCUT2D eigenvalue weighted by Crippen LogP contribution is -2.24. The molecule has 0 unspecified atom stereocenters. The van der Waals surface area contributed by atoms with Crippen LogP contribution >= 0.6 is 11.8 Å². The number of anilines is 1. The molecular weight excluding hydrogens is 366 g/mol. The number of nitrogens with two attached hydrogens (primary N) is 1. The summed E-state index contributed by atoms with van der Waals surface area (Å²) in [5, 5.41) is 15.4. The molecule has 0 bridgehead atoms. The summed E-state index contributed by atoms with van der Waals surface area (Å²) in [6.45, 7) is 5.57. The number of ether oxygens (including phenoxy) is 1. The van der Waals surface area contributed by atoms with Crippen molar-refractivity contribution in [3.63, 3.8) is 0 Å². The predicted molar refractivity (Wildman–Crippen MR) is 104 cm³/mol. The molecule has 142 valence electrons. The van der Waals surface area contributed by atoms with Crippen molar-refractivity contribution in [3.05, 3.63) is 41.7 Å². The summed E-state index contributed by atoms with van der Waals surface area (Å²) in [6.07, 6.45) is 0. The summed E-state index contributed by atoms with van der Waals surface area (Å²) < 4.78 is 8.20. The summed E-state index contributed by atoms with van der Waals surface area (Å²) >= 11 is 1.21. The Labute approximate surface area is 160 Å². The highest BCUT2D eigenvalue weighted by Gasteiger charge is 2.21. The van der Waals surface area contributed by atoms with E-state index in [0.717, 1.165) is 11.4 Å². The SMILES string of the molecule is COc1ccccc1NC(=O)[C@H](C)Sc1nnc(-n2nc(C)cc2C)n1N. The van der Waals surface area contributed by atoms with Gasteiger partial charge in [0.1, 0.15) is 5.75 Å². The minimum atomic E-state index is -0.449. The molecule has 0 saturated carbocycles. The van der Waals surface area contributed by atoms with Gasteiger partial charge in [0.25, 0.3) is 5.95 Å². The molecule has 0 fully saturated rings. The average molecular weight is 387 g/mol. The van der Waals surface area contributed by atoms with Gasteiger partial charge in [-0.25, -0.2) is 9.36 Å². The third-order valence-corrected chi connectivity index (χ3v) is 4.92. The molecule has 9 nitrogen and oxygen atoms in total. The van der Waals surface area contributed by atoms with Gasteiger partial charge in [-0.05, 0) is 39.0 Å². The van der Waals surface area contributed by atoms with Crippen LogP contribution in [0.5, 0.6) is 5.75 Å². The Bertz CT molecular complexity index is 966. The normalized spacial score (nSPS) is 12.0. The second-order valence-corrected chi connectivity index (χ2v) is 7.25. The van der Waals surface area contributed by atoms with Gasteiger partial charge in [0.15, 0.2) is 0 Å². The maximum atomic E-state index is 12.5. The second-order valence-electron chi connectivity index (χ2n) is 5.94. The number of hydrogen-bond donors (Lipinski definition) is 2. The molecule has 27 heavy (non-hydrogen) atoms. The number of benzene rings is 1. The van der Waals surface area contributed by atoms with Crippen molar-refractivity contribution in [1.82, 2.24) is 24.7 Å². The van der Waals surface area contributed by atoms with E-state index in [1.54, 1.807) is 30.8 Å². The second kappa shape index (κ2) is 7.70. The highest BCUT2D eigenvalue weighted by molar-refractivity contribution is 8.00. The summed E-state index contributed by atoms with van der Waals surface area (Å²) in [5.41, 5.74) is 2.36. The Balaban J connectivity index is 1.73. The first-order chi connectivity index (χ1) is 12.9. The zero-order valence-corrected chi connectivity index (χ0v) is 16.3. The lowest BCUT2D eigenvalue weighted by Gasteiger charge is -2.13. The average Bonchev–Trinajstić information content (AvgIpc) is 3.16. The number of hydrogen-bond acceptors (Lipinski definition) is 7. The highest BCUT2D eigenvalue weighted by atomic mass is 32.2. The number of nitrogen functional groups attached to an aromatic ring is 1. The van der Waals surface area contributed by atoms with Crippen LogP contribution in [0.3, 0.4) is 0 Å². The summed E-state index contributed by atoms with van der Waals surface area (Å²) in [7, 11) is 1.56. The largest absolute Gasteiger partial charge is 0.495 e. The van der Waals surface area contributed by atoms with Gasteiger partial charge in [-0.15, -0.1) is 10.2 Å². The molecule has 0 radical (unpaired) electrons. The monoisotopic (exact) mass is 387 g/mol. The molecule has 10 heteroatoms. The van der Waals surface area contributed by atoms with Gasteiger partial charge in [-0.2, -0.15) is 5.10 Å². The topological polar surface area (TPSA) is 113 Å². The van der Waals surface area contributed by atoms with Crippen LogP contribution in [-0.4, -0.2) is 42.9 Å². The van der Waals surface area contributed by atoms with Crippen molar-refractivity contribution in [2.45, 2.75) is 31.2 Å². The summed E-state index contributed by atoms with van der Waals surface area (Å²) in [4.78, 5) is 12.5. The van der Waals surface area contributed by atoms with Crippen LogP contribution < -0.4 is 15.9 Å². The quantitative estimate of drug-likeness (QED) is 0.491. The maximum absolute atomic E-state index is 12.5. The molecule has 3 rings (SSSR count). The number of nitrogens with zero attached hydrogens (tertiary/aromatic N) is 5. The first kappa shape index (κ1) is 18.8. The fraction of sp³-hybridized carbons (Fsp3) is 0.294. The van der Waals surface area contributed by atoms with Gasteiger partial charge in [-0.1, -0.05) is 23.9 Å². The Morgan fingerprint density at radius 3 is 2.70 bits per heavy atom. The summed E-state index contributed by atoms with van der Waals surface area (Å²) in [5.74, 6) is 6.91. The van der Waals surface area contributed by atoms with Crippen molar-refractivity contribution in [2.75, 3.05) is 18.3 Å². The number of methoxy groups -OCH3 is 1. The third-order valence-electron chi connectivity index (χ3n) is 3.86.